The maximum absolute atomic E-state index is 11.3. The van der Waals surface area contributed by atoms with Crippen LogP contribution in [0.15, 0.2) is 30.3 Å². The molecule has 0 spiro atoms. The number of ether oxygens (including phenoxy) is 4. The van der Waals surface area contributed by atoms with Gasteiger partial charge in [0.25, 0.3) is 0 Å². The summed E-state index contributed by atoms with van der Waals surface area (Å²) in [5.41, 5.74) is 0.977. The fourth-order valence-corrected chi connectivity index (χ4v) is 2.52. The van der Waals surface area contributed by atoms with Gasteiger partial charge in [0.15, 0.2) is 12.4 Å². The first-order chi connectivity index (χ1) is 11.0. The lowest BCUT2D eigenvalue weighted by Crippen LogP contribution is -2.44. The number of hydrogen-bond donors (Lipinski definition) is 2. The standard InChI is InChI=1S/C16H22O7/c1-10(17)22-12(9-21-8-11-6-4-3-5-7-11)14-15(20-2)13(18)16(19)23-14/h3-7,12-16,18-19H,8-9H2,1-2H3/t12-,13+,14+,15-,16-/m0/s1. The molecule has 0 aliphatic carbocycles. The van der Waals surface area contributed by atoms with Gasteiger partial charge in [-0.3, -0.25) is 4.79 Å². The number of carbonyl (C=O) groups is 1. The van der Waals surface area contributed by atoms with E-state index in [0.29, 0.717) is 6.61 Å². The first kappa shape index (κ1) is 17.8. The van der Waals surface area contributed by atoms with Gasteiger partial charge in [-0.1, -0.05) is 30.3 Å². The highest BCUT2D eigenvalue weighted by Crippen LogP contribution is 2.26. The molecule has 1 aromatic rings. The number of aliphatic hydroxyl groups is 2. The van der Waals surface area contributed by atoms with Crippen LogP contribution in [0.2, 0.25) is 0 Å². The molecule has 1 aliphatic rings. The van der Waals surface area contributed by atoms with Gasteiger partial charge >= 0.3 is 5.97 Å². The van der Waals surface area contributed by atoms with Crippen molar-refractivity contribution in [1.29, 1.82) is 0 Å². The van der Waals surface area contributed by atoms with Gasteiger partial charge in [0, 0.05) is 14.0 Å². The van der Waals surface area contributed by atoms with Crippen molar-refractivity contribution in [3.8, 4) is 0 Å². The summed E-state index contributed by atoms with van der Waals surface area (Å²) in [5, 5.41) is 19.5. The van der Waals surface area contributed by atoms with E-state index in [1.165, 1.54) is 14.0 Å². The fraction of sp³-hybridized carbons (Fsp3) is 0.562. The molecule has 2 rings (SSSR count). The van der Waals surface area contributed by atoms with Gasteiger partial charge in [-0.2, -0.15) is 0 Å². The molecule has 1 aliphatic heterocycles. The summed E-state index contributed by atoms with van der Waals surface area (Å²) >= 11 is 0. The van der Waals surface area contributed by atoms with Gasteiger partial charge in [-0.15, -0.1) is 0 Å². The van der Waals surface area contributed by atoms with E-state index in [0.717, 1.165) is 5.56 Å². The third kappa shape index (κ3) is 4.73. The largest absolute Gasteiger partial charge is 0.457 e. The average Bonchev–Trinajstić information content (AvgIpc) is 2.82. The van der Waals surface area contributed by atoms with Crippen LogP contribution in [-0.4, -0.2) is 60.6 Å². The summed E-state index contributed by atoms with van der Waals surface area (Å²) < 4.78 is 21.2. The monoisotopic (exact) mass is 326 g/mol. The zero-order valence-corrected chi connectivity index (χ0v) is 13.1. The Balaban J connectivity index is 1.97. The summed E-state index contributed by atoms with van der Waals surface area (Å²) in [7, 11) is 1.39. The lowest BCUT2D eigenvalue weighted by molar-refractivity contribution is -0.179. The zero-order valence-electron chi connectivity index (χ0n) is 13.1. The van der Waals surface area contributed by atoms with Crippen molar-refractivity contribution in [2.24, 2.45) is 0 Å². The smallest absolute Gasteiger partial charge is 0.303 e. The number of esters is 1. The lowest BCUT2D eigenvalue weighted by atomic mass is 10.1. The number of hydrogen-bond acceptors (Lipinski definition) is 7. The molecule has 5 atom stereocenters. The minimum atomic E-state index is -1.39. The molecule has 0 unspecified atom stereocenters. The molecule has 0 radical (unpaired) electrons. The van der Waals surface area contributed by atoms with Crippen LogP contribution >= 0.6 is 0 Å². The van der Waals surface area contributed by atoms with Crippen LogP contribution in [0.5, 0.6) is 0 Å². The van der Waals surface area contributed by atoms with Crippen molar-refractivity contribution in [2.75, 3.05) is 13.7 Å². The minimum Gasteiger partial charge on any atom is -0.457 e. The molecule has 1 heterocycles. The van der Waals surface area contributed by atoms with E-state index < -0.39 is 36.7 Å². The fourth-order valence-electron chi connectivity index (χ4n) is 2.52. The Morgan fingerprint density at radius 3 is 2.61 bits per heavy atom. The Kier molecular flexibility index (Phi) is 6.49. The summed E-state index contributed by atoms with van der Waals surface area (Å²) in [5.74, 6) is -0.507. The van der Waals surface area contributed by atoms with Crippen molar-refractivity contribution in [3.63, 3.8) is 0 Å². The van der Waals surface area contributed by atoms with Crippen LogP contribution in [-0.2, 0) is 30.3 Å². The van der Waals surface area contributed by atoms with Crippen molar-refractivity contribution in [3.05, 3.63) is 35.9 Å². The van der Waals surface area contributed by atoms with Crippen molar-refractivity contribution >= 4 is 5.97 Å². The molecular formula is C16H22O7. The summed E-state index contributed by atoms with van der Waals surface area (Å²) in [6.45, 7) is 1.67. The Hall–Kier alpha value is -1.51. The van der Waals surface area contributed by atoms with E-state index in [-0.39, 0.29) is 6.61 Å². The second-order valence-corrected chi connectivity index (χ2v) is 5.33. The van der Waals surface area contributed by atoms with Gasteiger partial charge in [0.2, 0.25) is 0 Å². The third-order valence-electron chi connectivity index (χ3n) is 3.60. The number of rotatable bonds is 7. The zero-order chi connectivity index (χ0) is 16.8. The van der Waals surface area contributed by atoms with E-state index in [1.807, 2.05) is 30.3 Å². The van der Waals surface area contributed by atoms with E-state index in [1.54, 1.807) is 0 Å². The Labute approximate surface area is 134 Å². The average molecular weight is 326 g/mol. The van der Waals surface area contributed by atoms with Gasteiger partial charge in [0.1, 0.15) is 18.3 Å². The maximum atomic E-state index is 11.3. The normalized spacial score (nSPS) is 28.5. The third-order valence-corrected chi connectivity index (χ3v) is 3.60. The summed E-state index contributed by atoms with van der Waals surface area (Å²) in [6.07, 6.45) is -5.03. The molecule has 0 aromatic heterocycles. The van der Waals surface area contributed by atoms with E-state index in [9.17, 15) is 15.0 Å². The second kappa shape index (κ2) is 8.37. The number of aliphatic hydroxyl groups excluding tert-OH is 2. The number of methoxy groups -OCH3 is 1. The molecular weight excluding hydrogens is 304 g/mol. The summed E-state index contributed by atoms with van der Waals surface area (Å²) in [4.78, 5) is 11.3. The van der Waals surface area contributed by atoms with Crippen LogP contribution in [0.4, 0.5) is 0 Å². The van der Waals surface area contributed by atoms with Gasteiger partial charge in [0.05, 0.1) is 13.2 Å². The highest BCUT2D eigenvalue weighted by molar-refractivity contribution is 5.66. The highest BCUT2D eigenvalue weighted by atomic mass is 16.7. The highest BCUT2D eigenvalue weighted by Gasteiger charge is 2.48. The maximum Gasteiger partial charge on any atom is 0.303 e. The van der Waals surface area contributed by atoms with Gasteiger partial charge < -0.3 is 29.2 Å². The molecule has 0 amide bonds. The minimum absolute atomic E-state index is 0.0540. The van der Waals surface area contributed by atoms with E-state index in [4.69, 9.17) is 18.9 Å². The molecule has 23 heavy (non-hydrogen) atoms. The Bertz CT molecular complexity index is 492. The number of carbonyl (C=O) groups excluding carboxylic acids is 1. The van der Waals surface area contributed by atoms with Gasteiger partial charge in [-0.25, -0.2) is 0 Å². The van der Waals surface area contributed by atoms with Crippen LogP contribution < -0.4 is 0 Å². The lowest BCUT2D eigenvalue weighted by Gasteiger charge is -2.26. The van der Waals surface area contributed by atoms with Crippen molar-refractivity contribution in [1.82, 2.24) is 0 Å². The molecule has 1 fully saturated rings. The van der Waals surface area contributed by atoms with Gasteiger partial charge in [-0.05, 0) is 5.56 Å². The first-order valence-electron chi connectivity index (χ1n) is 7.36. The molecule has 7 heteroatoms. The molecule has 1 saturated heterocycles. The molecule has 0 saturated carbocycles. The van der Waals surface area contributed by atoms with Crippen LogP contribution in [0.1, 0.15) is 12.5 Å². The van der Waals surface area contributed by atoms with Crippen molar-refractivity contribution < 1.29 is 34.0 Å². The van der Waals surface area contributed by atoms with Crippen molar-refractivity contribution in [2.45, 2.75) is 44.2 Å². The first-order valence-corrected chi connectivity index (χ1v) is 7.36. The van der Waals surface area contributed by atoms with E-state index in [2.05, 4.69) is 0 Å². The van der Waals surface area contributed by atoms with Crippen LogP contribution in [0.25, 0.3) is 0 Å². The molecule has 7 nitrogen and oxygen atoms in total. The van der Waals surface area contributed by atoms with Crippen LogP contribution in [0, 0.1) is 0 Å². The Morgan fingerprint density at radius 2 is 2.00 bits per heavy atom. The summed E-state index contributed by atoms with van der Waals surface area (Å²) in [6, 6.07) is 9.53. The predicted molar refractivity (Wildman–Crippen MR) is 79.3 cm³/mol. The molecule has 0 bridgehead atoms. The number of benzene rings is 1. The topological polar surface area (TPSA) is 94.5 Å². The molecule has 128 valence electrons. The Morgan fingerprint density at radius 1 is 1.30 bits per heavy atom. The quantitative estimate of drug-likeness (QED) is 0.693. The SMILES string of the molecule is CO[C@H]1[C@@H](O)[C@@H](O)O[C@@H]1[C@H](COCc1ccccc1)OC(C)=O. The van der Waals surface area contributed by atoms with Crippen LogP contribution in [0.3, 0.4) is 0 Å². The van der Waals surface area contributed by atoms with E-state index >= 15 is 0 Å². The second-order valence-electron chi connectivity index (χ2n) is 5.33. The predicted octanol–water partition coefficient (Wildman–Crippen LogP) is 0.228. The molecule has 1 aromatic carbocycles. The molecule has 2 N–H and O–H groups in total.